The predicted molar refractivity (Wildman–Crippen MR) is 88.3 cm³/mol. The fourth-order valence-corrected chi connectivity index (χ4v) is 3.28. The van der Waals surface area contributed by atoms with Gasteiger partial charge in [-0.3, -0.25) is 9.67 Å². The van der Waals surface area contributed by atoms with Gasteiger partial charge < -0.3 is 4.52 Å². The number of hydrogen-bond acceptors (Lipinski definition) is 4. The summed E-state index contributed by atoms with van der Waals surface area (Å²) < 4.78 is 43.6. The van der Waals surface area contributed by atoms with Crippen molar-refractivity contribution < 1.29 is 17.7 Å². The predicted octanol–water partition coefficient (Wildman–Crippen LogP) is 4.10. The van der Waals surface area contributed by atoms with E-state index >= 15 is 0 Å². The van der Waals surface area contributed by atoms with Crippen LogP contribution in [0.3, 0.4) is 0 Å². The summed E-state index contributed by atoms with van der Waals surface area (Å²) in [5.41, 5.74) is 5.86. The zero-order valence-corrected chi connectivity index (χ0v) is 14.1. The average molecular weight is 360 g/mol. The van der Waals surface area contributed by atoms with Gasteiger partial charge in [0.05, 0.1) is 17.6 Å². The van der Waals surface area contributed by atoms with Crippen molar-refractivity contribution >= 4 is 5.57 Å². The number of allylic oxidation sites excluding steroid dienone is 1. The van der Waals surface area contributed by atoms with Crippen molar-refractivity contribution in [2.24, 2.45) is 0 Å². The molecule has 0 saturated heterocycles. The first-order valence-corrected chi connectivity index (χ1v) is 8.04. The Morgan fingerprint density at radius 1 is 1.19 bits per heavy atom. The molecule has 4 rings (SSSR count). The van der Waals surface area contributed by atoms with E-state index in [2.05, 4.69) is 15.2 Å². The number of halogens is 3. The molecule has 0 fully saturated rings. The van der Waals surface area contributed by atoms with Crippen LogP contribution < -0.4 is 0 Å². The highest BCUT2D eigenvalue weighted by molar-refractivity contribution is 5.83. The lowest BCUT2D eigenvalue weighted by Crippen LogP contribution is -2.17. The minimum Gasteiger partial charge on any atom is -0.361 e. The quantitative estimate of drug-likeness (QED) is 0.706. The molecule has 0 N–H and O–H groups in total. The van der Waals surface area contributed by atoms with Gasteiger partial charge in [-0.25, -0.2) is 0 Å². The van der Waals surface area contributed by atoms with E-state index in [1.807, 2.05) is 26.0 Å². The van der Waals surface area contributed by atoms with Gasteiger partial charge in [0.1, 0.15) is 12.3 Å². The van der Waals surface area contributed by atoms with Gasteiger partial charge in [0.25, 0.3) is 0 Å². The molecule has 0 radical (unpaired) electrons. The molecule has 26 heavy (non-hydrogen) atoms. The van der Waals surface area contributed by atoms with Gasteiger partial charge in [0.2, 0.25) is 0 Å². The summed E-state index contributed by atoms with van der Waals surface area (Å²) >= 11 is 0. The third-order valence-electron chi connectivity index (χ3n) is 4.36. The van der Waals surface area contributed by atoms with Crippen molar-refractivity contribution in [1.29, 1.82) is 0 Å². The molecule has 134 valence electrons. The van der Waals surface area contributed by atoms with Gasteiger partial charge in [0, 0.05) is 34.7 Å². The molecule has 3 aromatic heterocycles. The highest BCUT2D eigenvalue weighted by atomic mass is 19.4. The number of aromatic nitrogens is 4. The van der Waals surface area contributed by atoms with Crippen LogP contribution >= 0.6 is 0 Å². The van der Waals surface area contributed by atoms with Crippen molar-refractivity contribution in [3.63, 3.8) is 0 Å². The number of fused-ring (bicyclic) bond motifs is 1. The fourth-order valence-electron chi connectivity index (χ4n) is 3.28. The summed E-state index contributed by atoms with van der Waals surface area (Å²) in [6.45, 7) is 2.62. The normalized spacial score (nSPS) is 13.8. The number of rotatable bonds is 3. The lowest BCUT2D eigenvalue weighted by molar-refractivity contribution is -0.142. The molecule has 0 aliphatic heterocycles. The van der Waals surface area contributed by atoms with Gasteiger partial charge in [-0.1, -0.05) is 11.2 Å². The molecule has 3 aromatic rings. The maximum Gasteiger partial charge on any atom is 0.408 e. The third kappa shape index (κ3) is 2.91. The number of nitrogens with zero attached hydrogens (tertiary/aromatic N) is 4. The van der Waals surface area contributed by atoms with E-state index in [9.17, 15) is 13.2 Å². The van der Waals surface area contributed by atoms with Gasteiger partial charge in [0.15, 0.2) is 0 Å². The van der Waals surface area contributed by atoms with Crippen LogP contribution in [0.25, 0.3) is 16.7 Å². The minimum absolute atomic E-state index is 0.630. The van der Waals surface area contributed by atoms with Crippen LogP contribution in [0.4, 0.5) is 13.2 Å². The third-order valence-corrected chi connectivity index (χ3v) is 4.36. The number of pyridine rings is 1. The fraction of sp³-hybridized carbons (Fsp3) is 0.278. The molecule has 0 atom stereocenters. The maximum atomic E-state index is 12.5. The molecule has 1 aliphatic carbocycles. The standard InChI is InChI=1S/C18H15F3N4O/c1-10-16(11(2)26-24-10)13-5-12-3-4-15(17(12)22-6-13)14-7-23-25(8-14)9-18(19,20)21/h4-8H,3,9H2,1-2H3. The molecule has 3 heterocycles. The average Bonchev–Trinajstić information content (AvgIpc) is 3.24. The molecule has 0 bridgehead atoms. The van der Waals surface area contributed by atoms with Crippen LogP contribution in [0.15, 0.2) is 35.3 Å². The van der Waals surface area contributed by atoms with E-state index in [1.54, 1.807) is 6.20 Å². The molecular formula is C18H15F3N4O. The Bertz CT molecular complexity index is 994. The minimum atomic E-state index is -4.30. The Morgan fingerprint density at radius 3 is 2.69 bits per heavy atom. The number of alkyl halides is 3. The lowest BCUT2D eigenvalue weighted by Gasteiger charge is -2.07. The monoisotopic (exact) mass is 360 g/mol. The van der Waals surface area contributed by atoms with Crippen molar-refractivity contribution in [2.45, 2.75) is 33.0 Å². The number of aryl methyl sites for hydroxylation is 2. The van der Waals surface area contributed by atoms with Crippen molar-refractivity contribution in [3.05, 3.63) is 59.0 Å². The van der Waals surface area contributed by atoms with E-state index in [4.69, 9.17) is 4.52 Å². The summed E-state index contributed by atoms with van der Waals surface area (Å²) in [6.07, 6.45) is 2.91. The van der Waals surface area contributed by atoms with Gasteiger partial charge in [-0.05, 0) is 31.9 Å². The van der Waals surface area contributed by atoms with Gasteiger partial charge in [-0.15, -0.1) is 0 Å². The lowest BCUT2D eigenvalue weighted by atomic mass is 10.0. The van der Waals surface area contributed by atoms with Crippen molar-refractivity contribution in [1.82, 2.24) is 19.9 Å². The molecule has 0 saturated carbocycles. The van der Waals surface area contributed by atoms with Crippen LogP contribution in [-0.2, 0) is 13.0 Å². The highest BCUT2D eigenvalue weighted by Gasteiger charge is 2.29. The smallest absolute Gasteiger partial charge is 0.361 e. The Kier molecular flexibility index (Phi) is 3.71. The van der Waals surface area contributed by atoms with E-state index < -0.39 is 12.7 Å². The zero-order chi connectivity index (χ0) is 18.5. The first-order valence-electron chi connectivity index (χ1n) is 8.04. The summed E-state index contributed by atoms with van der Waals surface area (Å²) in [4.78, 5) is 4.54. The van der Waals surface area contributed by atoms with Gasteiger partial charge >= 0.3 is 6.18 Å². The Morgan fingerprint density at radius 2 is 2.00 bits per heavy atom. The van der Waals surface area contributed by atoms with Crippen LogP contribution in [-0.4, -0.2) is 26.1 Å². The van der Waals surface area contributed by atoms with E-state index in [0.717, 1.165) is 44.1 Å². The Balaban J connectivity index is 1.65. The van der Waals surface area contributed by atoms with E-state index in [1.165, 1.54) is 12.4 Å². The van der Waals surface area contributed by atoms with E-state index in [0.29, 0.717) is 12.0 Å². The van der Waals surface area contributed by atoms with Crippen molar-refractivity contribution in [3.8, 4) is 11.1 Å². The van der Waals surface area contributed by atoms with Crippen LogP contribution in [0.1, 0.15) is 28.3 Å². The largest absolute Gasteiger partial charge is 0.408 e. The Labute approximate surface area is 147 Å². The van der Waals surface area contributed by atoms with Crippen LogP contribution in [0, 0.1) is 13.8 Å². The molecule has 1 aliphatic rings. The Hall–Kier alpha value is -2.90. The van der Waals surface area contributed by atoms with Crippen LogP contribution in [0.5, 0.6) is 0 Å². The summed E-state index contributed by atoms with van der Waals surface area (Å²) in [7, 11) is 0. The summed E-state index contributed by atoms with van der Waals surface area (Å²) in [5.74, 6) is 0.726. The highest BCUT2D eigenvalue weighted by Crippen LogP contribution is 2.35. The van der Waals surface area contributed by atoms with E-state index in [-0.39, 0.29) is 0 Å². The molecule has 0 spiro atoms. The number of hydrogen-bond donors (Lipinski definition) is 0. The zero-order valence-electron chi connectivity index (χ0n) is 14.1. The first kappa shape index (κ1) is 16.6. The van der Waals surface area contributed by atoms with Gasteiger partial charge in [-0.2, -0.15) is 18.3 Å². The van der Waals surface area contributed by atoms with Crippen molar-refractivity contribution in [2.75, 3.05) is 0 Å². The molecule has 0 unspecified atom stereocenters. The first-order chi connectivity index (χ1) is 12.3. The molecular weight excluding hydrogens is 345 g/mol. The second-order valence-corrected chi connectivity index (χ2v) is 6.29. The molecule has 8 heteroatoms. The second-order valence-electron chi connectivity index (χ2n) is 6.29. The summed E-state index contributed by atoms with van der Waals surface area (Å²) in [6, 6.07) is 2.03. The second kappa shape index (κ2) is 5.82. The molecule has 0 amide bonds. The van der Waals surface area contributed by atoms with Crippen LogP contribution in [0.2, 0.25) is 0 Å². The maximum absolute atomic E-state index is 12.5. The topological polar surface area (TPSA) is 56.7 Å². The molecule has 0 aromatic carbocycles. The molecule has 5 nitrogen and oxygen atoms in total. The summed E-state index contributed by atoms with van der Waals surface area (Å²) in [5, 5.41) is 7.77. The SMILES string of the molecule is Cc1noc(C)c1-c1cnc2c(c1)CC=C2c1cnn(CC(F)(F)F)c1.